The summed E-state index contributed by atoms with van der Waals surface area (Å²) in [7, 11) is 0. The third kappa shape index (κ3) is 4.37. The molecule has 0 unspecified atom stereocenters. The van der Waals surface area contributed by atoms with Gasteiger partial charge in [-0.15, -0.1) is 0 Å². The number of hydrogen-bond donors (Lipinski definition) is 2. The van der Waals surface area contributed by atoms with E-state index in [1.54, 1.807) is 11.4 Å². The van der Waals surface area contributed by atoms with Crippen molar-refractivity contribution >= 4 is 17.4 Å². The van der Waals surface area contributed by atoms with Gasteiger partial charge in [0.2, 0.25) is 0 Å². The molecule has 35 heavy (non-hydrogen) atoms. The zero-order valence-electron chi connectivity index (χ0n) is 20.1. The number of aliphatic hydroxyl groups excluding tert-OH is 1. The number of carbonyl (C=O) groups is 1. The number of piperidine rings is 1. The van der Waals surface area contributed by atoms with Crippen molar-refractivity contribution in [1.82, 2.24) is 19.6 Å². The van der Waals surface area contributed by atoms with Gasteiger partial charge in [0.25, 0.3) is 0 Å². The fourth-order valence-corrected chi connectivity index (χ4v) is 4.66. The van der Waals surface area contributed by atoms with Crippen LogP contribution in [0.25, 0.3) is 28.3 Å². The summed E-state index contributed by atoms with van der Waals surface area (Å²) >= 11 is 0. The van der Waals surface area contributed by atoms with Gasteiger partial charge in [0.1, 0.15) is 11.5 Å². The Bertz CT molecular complexity index is 1390. The van der Waals surface area contributed by atoms with Crippen LogP contribution in [-0.2, 0) is 4.79 Å². The van der Waals surface area contributed by atoms with Crippen molar-refractivity contribution in [3.63, 3.8) is 0 Å². The van der Waals surface area contributed by atoms with E-state index < -0.39 is 12.1 Å². The summed E-state index contributed by atoms with van der Waals surface area (Å²) in [4.78, 5) is 23.3. The first-order valence-corrected chi connectivity index (χ1v) is 11.8. The average molecular weight is 472 g/mol. The van der Waals surface area contributed by atoms with Crippen LogP contribution < -0.4 is 4.90 Å². The van der Waals surface area contributed by atoms with E-state index in [1.165, 1.54) is 0 Å². The number of aromatic nitrogens is 4. The summed E-state index contributed by atoms with van der Waals surface area (Å²) in [6.45, 7) is 7.69. The normalized spacial score (nSPS) is 16.4. The number of anilines is 1. The topological polar surface area (TPSA) is 104 Å². The molecule has 1 atom stereocenters. The third-order valence-corrected chi connectivity index (χ3v) is 6.81. The second kappa shape index (κ2) is 8.78. The van der Waals surface area contributed by atoms with E-state index in [4.69, 9.17) is 10.1 Å². The molecule has 1 aliphatic heterocycles. The molecule has 4 aromatic rings. The molecule has 5 rings (SSSR count). The van der Waals surface area contributed by atoms with Gasteiger partial charge in [0, 0.05) is 30.4 Å². The lowest BCUT2D eigenvalue weighted by molar-refractivity contribution is -0.147. The van der Waals surface area contributed by atoms with E-state index in [0.29, 0.717) is 28.5 Å². The number of aliphatic hydroxyl groups is 1. The Morgan fingerprint density at radius 3 is 2.34 bits per heavy atom. The summed E-state index contributed by atoms with van der Waals surface area (Å²) < 4.78 is 1.67. The molecular formula is C27H29N5O3. The van der Waals surface area contributed by atoms with Crippen molar-refractivity contribution in [2.75, 3.05) is 18.0 Å². The van der Waals surface area contributed by atoms with Gasteiger partial charge in [0.15, 0.2) is 11.8 Å². The Kier molecular flexibility index (Phi) is 5.76. The van der Waals surface area contributed by atoms with Crippen LogP contribution in [0.15, 0.2) is 54.6 Å². The average Bonchev–Trinajstić information content (AvgIpc) is 3.27. The van der Waals surface area contributed by atoms with Crippen LogP contribution in [0.2, 0.25) is 0 Å². The lowest BCUT2D eigenvalue weighted by atomic mass is 9.82. The Morgan fingerprint density at radius 1 is 0.971 bits per heavy atom. The number of pyridine rings is 1. The van der Waals surface area contributed by atoms with Gasteiger partial charge in [-0.05, 0) is 37.3 Å². The van der Waals surface area contributed by atoms with E-state index in [9.17, 15) is 15.0 Å². The van der Waals surface area contributed by atoms with E-state index in [-0.39, 0.29) is 11.0 Å². The number of hydrogen-bond acceptors (Lipinski definition) is 6. The molecule has 0 bridgehead atoms. The molecule has 1 aromatic carbocycles. The van der Waals surface area contributed by atoms with Crippen LogP contribution in [0.3, 0.4) is 0 Å². The fourth-order valence-electron chi connectivity index (χ4n) is 4.66. The Labute approximate surface area is 203 Å². The maximum Gasteiger partial charge on any atom is 0.337 e. The van der Waals surface area contributed by atoms with Crippen molar-refractivity contribution in [2.45, 2.75) is 39.7 Å². The highest BCUT2D eigenvalue weighted by atomic mass is 16.4. The van der Waals surface area contributed by atoms with Gasteiger partial charge in [-0.25, -0.2) is 14.8 Å². The van der Waals surface area contributed by atoms with Crippen molar-refractivity contribution in [3.05, 3.63) is 65.9 Å². The van der Waals surface area contributed by atoms with E-state index >= 15 is 0 Å². The molecule has 1 aliphatic rings. The van der Waals surface area contributed by atoms with Crippen LogP contribution in [0.4, 0.5) is 5.82 Å². The standard InChI is InChI=1S/C27H29N5O3/c1-17-23(24(33)26(34)35)25(31-14-12-27(2,3)13-15-31)32-22(28-17)16-21(30-32)20-11-7-10-19(29-20)18-8-5-4-6-9-18/h4-11,16,24,33H,12-15H2,1-3H3,(H,34,35)/t24-/m0/s1. The zero-order chi connectivity index (χ0) is 24.7. The van der Waals surface area contributed by atoms with Crippen LogP contribution in [-0.4, -0.2) is 48.9 Å². The minimum absolute atomic E-state index is 0.209. The van der Waals surface area contributed by atoms with E-state index in [1.807, 2.05) is 54.6 Å². The molecule has 0 spiro atoms. The maximum atomic E-state index is 11.8. The number of aryl methyl sites for hydroxylation is 1. The molecule has 8 heteroatoms. The molecule has 2 N–H and O–H groups in total. The van der Waals surface area contributed by atoms with Gasteiger partial charge >= 0.3 is 5.97 Å². The van der Waals surface area contributed by atoms with E-state index in [2.05, 4.69) is 23.7 Å². The SMILES string of the molecule is Cc1nc2cc(-c3cccc(-c4ccccc4)n3)nn2c(N2CCC(C)(C)CC2)c1[C@H](O)C(=O)O. The highest BCUT2D eigenvalue weighted by Crippen LogP contribution is 2.37. The summed E-state index contributed by atoms with van der Waals surface area (Å²) in [5.74, 6) is -0.721. The number of nitrogens with zero attached hydrogens (tertiary/aromatic N) is 5. The van der Waals surface area contributed by atoms with Crippen molar-refractivity contribution < 1.29 is 15.0 Å². The van der Waals surface area contributed by atoms with Crippen molar-refractivity contribution in [2.24, 2.45) is 5.41 Å². The first-order valence-electron chi connectivity index (χ1n) is 11.8. The van der Waals surface area contributed by atoms with Crippen LogP contribution in [0.5, 0.6) is 0 Å². The van der Waals surface area contributed by atoms with Gasteiger partial charge in [-0.2, -0.15) is 9.61 Å². The highest BCUT2D eigenvalue weighted by molar-refractivity contribution is 5.78. The fraction of sp³-hybridized carbons (Fsp3) is 0.333. The minimum atomic E-state index is -1.69. The number of carboxylic acid groups (broad SMARTS) is 1. The number of carboxylic acids is 1. The second-order valence-electron chi connectivity index (χ2n) is 9.90. The number of fused-ring (bicyclic) bond motifs is 1. The predicted molar refractivity (Wildman–Crippen MR) is 134 cm³/mol. The molecule has 3 aromatic heterocycles. The van der Waals surface area contributed by atoms with Gasteiger partial charge in [0.05, 0.1) is 17.0 Å². The molecule has 1 fully saturated rings. The first-order chi connectivity index (χ1) is 16.7. The quantitative estimate of drug-likeness (QED) is 0.441. The highest BCUT2D eigenvalue weighted by Gasteiger charge is 2.33. The Hall–Kier alpha value is -3.78. The maximum absolute atomic E-state index is 11.8. The summed E-state index contributed by atoms with van der Waals surface area (Å²) in [5.41, 5.74) is 4.73. The van der Waals surface area contributed by atoms with Crippen LogP contribution in [0, 0.1) is 12.3 Å². The number of rotatable bonds is 5. The lowest BCUT2D eigenvalue weighted by Crippen LogP contribution is -2.39. The third-order valence-electron chi connectivity index (χ3n) is 6.81. The molecule has 0 aliphatic carbocycles. The van der Waals surface area contributed by atoms with Gasteiger partial charge < -0.3 is 15.1 Å². The largest absolute Gasteiger partial charge is 0.479 e. The second-order valence-corrected chi connectivity index (χ2v) is 9.90. The smallest absolute Gasteiger partial charge is 0.337 e. The van der Waals surface area contributed by atoms with Gasteiger partial charge in [-0.1, -0.05) is 50.2 Å². The van der Waals surface area contributed by atoms with E-state index in [0.717, 1.165) is 37.2 Å². The molecule has 0 radical (unpaired) electrons. The van der Waals surface area contributed by atoms with Crippen molar-refractivity contribution in [1.29, 1.82) is 0 Å². The molecule has 8 nitrogen and oxygen atoms in total. The molecule has 4 heterocycles. The number of benzene rings is 1. The van der Waals surface area contributed by atoms with Crippen LogP contribution >= 0.6 is 0 Å². The summed E-state index contributed by atoms with van der Waals surface area (Å²) in [6, 6.07) is 17.6. The molecule has 0 amide bonds. The van der Waals surface area contributed by atoms with Crippen molar-refractivity contribution in [3.8, 4) is 22.6 Å². The van der Waals surface area contributed by atoms with Gasteiger partial charge in [-0.3, -0.25) is 0 Å². The molecular weight excluding hydrogens is 442 g/mol. The number of aliphatic carboxylic acids is 1. The zero-order valence-corrected chi connectivity index (χ0v) is 20.1. The van der Waals surface area contributed by atoms with Crippen LogP contribution in [0.1, 0.15) is 44.1 Å². The Morgan fingerprint density at radius 2 is 1.66 bits per heavy atom. The molecule has 1 saturated heterocycles. The Balaban J connectivity index is 1.65. The predicted octanol–water partition coefficient (Wildman–Crippen LogP) is 4.51. The first kappa shape index (κ1) is 23.0. The summed E-state index contributed by atoms with van der Waals surface area (Å²) in [5, 5.41) is 25.1. The monoisotopic (exact) mass is 471 g/mol. The minimum Gasteiger partial charge on any atom is -0.479 e. The summed E-state index contributed by atoms with van der Waals surface area (Å²) in [6.07, 6.45) is 0.213. The molecule has 180 valence electrons. The molecule has 0 saturated carbocycles. The lowest BCUT2D eigenvalue weighted by Gasteiger charge is -2.39.